The molecule has 1 aromatic rings. The van der Waals surface area contributed by atoms with Crippen molar-refractivity contribution in [1.82, 2.24) is 5.32 Å². The normalized spacial score (nSPS) is 10.7. The number of rotatable bonds is 7. The lowest BCUT2D eigenvalue weighted by molar-refractivity contribution is 0.283. The third-order valence-electron chi connectivity index (χ3n) is 2.29. The summed E-state index contributed by atoms with van der Waals surface area (Å²) >= 11 is 1.77. The monoisotopic (exact) mass is 213 g/mol. The number of hydrogen-bond acceptors (Lipinski definition) is 3. The molecule has 0 bridgehead atoms. The Morgan fingerprint density at radius 3 is 2.79 bits per heavy atom. The molecule has 0 aliphatic rings. The topological polar surface area (TPSA) is 32.3 Å². The summed E-state index contributed by atoms with van der Waals surface area (Å²) in [5, 5.41) is 16.4. The molecule has 2 nitrogen and oxygen atoms in total. The van der Waals surface area contributed by atoms with E-state index in [-0.39, 0.29) is 0 Å². The molecule has 0 saturated carbocycles. The number of aliphatic hydroxyl groups is 1. The molecule has 0 unspecified atom stereocenters. The summed E-state index contributed by atoms with van der Waals surface area (Å²) in [5.41, 5.74) is 2.80. The van der Waals surface area contributed by atoms with Gasteiger partial charge in [0.2, 0.25) is 0 Å². The molecule has 1 heterocycles. The van der Waals surface area contributed by atoms with Crippen molar-refractivity contribution in [2.24, 2.45) is 0 Å². The van der Waals surface area contributed by atoms with Crippen LogP contribution in [0.3, 0.4) is 0 Å². The maximum absolute atomic E-state index is 8.59. The fourth-order valence-electron chi connectivity index (χ4n) is 1.33. The molecule has 1 rings (SSSR count). The third kappa shape index (κ3) is 4.22. The van der Waals surface area contributed by atoms with Crippen molar-refractivity contribution in [2.45, 2.75) is 32.7 Å². The second-order valence-corrected chi connectivity index (χ2v) is 4.28. The molecule has 0 saturated heterocycles. The highest BCUT2D eigenvalue weighted by molar-refractivity contribution is 7.08. The first-order valence-electron chi connectivity index (χ1n) is 5.18. The number of unbranched alkanes of at least 4 members (excludes halogenated alkanes) is 2. The van der Waals surface area contributed by atoms with E-state index in [1.165, 1.54) is 11.1 Å². The zero-order valence-electron chi connectivity index (χ0n) is 8.75. The molecule has 0 atom stereocenters. The van der Waals surface area contributed by atoms with Crippen LogP contribution in [0.1, 0.15) is 30.4 Å². The minimum Gasteiger partial charge on any atom is -0.396 e. The number of thiophene rings is 1. The highest BCUT2D eigenvalue weighted by atomic mass is 32.1. The fourth-order valence-corrected chi connectivity index (χ4v) is 2.19. The van der Waals surface area contributed by atoms with Crippen LogP contribution in [-0.2, 0) is 6.54 Å². The first-order valence-corrected chi connectivity index (χ1v) is 6.12. The molecular weight excluding hydrogens is 194 g/mol. The van der Waals surface area contributed by atoms with Gasteiger partial charge in [-0.25, -0.2) is 0 Å². The molecule has 2 N–H and O–H groups in total. The van der Waals surface area contributed by atoms with Gasteiger partial charge in [-0.2, -0.15) is 11.3 Å². The highest BCUT2D eigenvalue weighted by Crippen LogP contribution is 2.12. The van der Waals surface area contributed by atoms with Gasteiger partial charge in [-0.3, -0.25) is 0 Å². The minimum atomic E-state index is 0.323. The Morgan fingerprint density at radius 1 is 1.29 bits per heavy atom. The molecule has 0 fully saturated rings. The third-order valence-corrected chi connectivity index (χ3v) is 3.20. The van der Waals surface area contributed by atoms with Crippen molar-refractivity contribution >= 4 is 11.3 Å². The molecule has 3 heteroatoms. The lowest BCUT2D eigenvalue weighted by atomic mass is 10.2. The Labute approximate surface area is 90.0 Å². The SMILES string of the molecule is Cc1cscc1CNCCCCCO. The molecule has 80 valence electrons. The largest absolute Gasteiger partial charge is 0.396 e. The predicted molar refractivity (Wildman–Crippen MR) is 61.7 cm³/mol. The Hall–Kier alpha value is -0.380. The molecule has 0 radical (unpaired) electrons. The van der Waals surface area contributed by atoms with Crippen LogP contribution in [0.25, 0.3) is 0 Å². The summed E-state index contributed by atoms with van der Waals surface area (Å²) < 4.78 is 0. The van der Waals surface area contributed by atoms with Crippen LogP contribution in [-0.4, -0.2) is 18.3 Å². The molecule has 0 aliphatic carbocycles. The minimum absolute atomic E-state index is 0.323. The van der Waals surface area contributed by atoms with E-state index < -0.39 is 0 Å². The van der Waals surface area contributed by atoms with E-state index in [9.17, 15) is 0 Å². The van der Waals surface area contributed by atoms with E-state index >= 15 is 0 Å². The van der Waals surface area contributed by atoms with Crippen LogP contribution in [0.5, 0.6) is 0 Å². The summed E-state index contributed by atoms with van der Waals surface area (Å²) in [7, 11) is 0. The van der Waals surface area contributed by atoms with Crippen molar-refractivity contribution in [3.05, 3.63) is 21.9 Å². The first-order chi connectivity index (χ1) is 6.84. The highest BCUT2D eigenvalue weighted by Gasteiger charge is 1.97. The Balaban J connectivity index is 2.02. The molecule has 14 heavy (non-hydrogen) atoms. The molecule has 0 aromatic carbocycles. The van der Waals surface area contributed by atoms with E-state index in [0.717, 1.165) is 32.4 Å². The van der Waals surface area contributed by atoms with E-state index in [1.54, 1.807) is 11.3 Å². The van der Waals surface area contributed by atoms with E-state index in [1.807, 2.05) is 0 Å². The zero-order chi connectivity index (χ0) is 10.2. The number of hydrogen-bond donors (Lipinski definition) is 2. The molecule has 0 amide bonds. The van der Waals surface area contributed by atoms with Crippen molar-refractivity contribution in [3.63, 3.8) is 0 Å². The standard InChI is InChI=1S/C11H19NOS/c1-10-8-14-9-11(10)7-12-5-3-2-4-6-13/h8-9,12-13H,2-7H2,1H3. The zero-order valence-corrected chi connectivity index (χ0v) is 9.57. The van der Waals surface area contributed by atoms with E-state index in [0.29, 0.717) is 6.61 Å². The van der Waals surface area contributed by atoms with Crippen LogP contribution < -0.4 is 5.32 Å². The Bertz CT molecular complexity index is 247. The smallest absolute Gasteiger partial charge is 0.0431 e. The first kappa shape index (κ1) is 11.7. The summed E-state index contributed by atoms with van der Waals surface area (Å²) in [6.45, 7) is 4.51. The van der Waals surface area contributed by atoms with Crippen LogP contribution in [0.2, 0.25) is 0 Å². The Morgan fingerprint density at radius 2 is 2.14 bits per heavy atom. The molecule has 0 aliphatic heterocycles. The van der Waals surface area contributed by atoms with Gasteiger partial charge in [0.1, 0.15) is 0 Å². The summed E-state index contributed by atoms with van der Waals surface area (Å²) in [6, 6.07) is 0. The number of aliphatic hydroxyl groups excluding tert-OH is 1. The van der Waals surface area contributed by atoms with Crippen LogP contribution in [0.15, 0.2) is 10.8 Å². The second-order valence-electron chi connectivity index (χ2n) is 3.54. The van der Waals surface area contributed by atoms with Gasteiger partial charge in [-0.05, 0) is 54.6 Å². The van der Waals surface area contributed by atoms with Crippen molar-refractivity contribution in [2.75, 3.05) is 13.2 Å². The van der Waals surface area contributed by atoms with Gasteiger partial charge in [0.15, 0.2) is 0 Å². The van der Waals surface area contributed by atoms with Gasteiger partial charge in [0.05, 0.1) is 0 Å². The van der Waals surface area contributed by atoms with Crippen molar-refractivity contribution < 1.29 is 5.11 Å². The van der Waals surface area contributed by atoms with E-state index in [4.69, 9.17) is 5.11 Å². The number of nitrogens with one attached hydrogen (secondary N) is 1. The van der Waals surface area contributed by atoms with Crippen LogP contribution in [0, 0.1) is 6.92 Å². The van der Waals surface area contributed by atoms with Crippen LogP contribution >= 0.6 is 11.3 Å². The molecular formula is C11H19NOS. The van der Waals surface area contributed by atoms with Gasteiger partial charge < -0.3 is 10.4 Å². The maximum atomic E-state index is 8.59. The molecule has 0 spiro atoms. The lowest BCUT2D eigenvalue weighted by Crippen LogP contribution is -2.14. The van der Waals surface area contributed by atoms with Gasteiger partial charge in [-0.15, -0.1) is 0 Å². The van der Waals surface area contributed by atoms with Crippen LogP contribution in [0.4, 0.5) is 0 Å². The van der Waals surface area contributed by atoms with Crippen molar-refractivity contribution in [1.29, 1.82) is 0 Å². The van der Waals surface area contributed by atoms with Gasteiger partial charge in [0, 0.05) is 13.2 Å². The van der Waals surface area contributed by atoms with Gasteiger partial charge >= 0.3 is 0 Å². The quantitative estimate of drug-likeness (QED) is 0.681. The van der Waals surface area contributed by atoms with Gasteiger partial charge in [0.25, 0.3) is 0 Å². The average Bonchev–Trinajstić information content (AvgIpc) is 2.58. The average molecular weight is 213 g/mol. The molecule has 1 aromatic heterocycles. The lowest BCUT2D eigenvalue weighted by Gasteiger charge is -2.03. The summed E-state index contributed by atoms with van der Waals surface area (Å²) in [5.74, 6) is 0. The predicted octanol–water partition coefficient (Wildman–Crippen LogP) is 2.31. The maximum Gasteiger partial charge on any atom is 0.0431 e. The van der Waals surface area contributed by atoms with Gasteiger partial charge in [-0.1, -0.05) is 0 Å². The Kier molecular flexibility index (Phi) is 5.83. The summed E-state index contributed by atoms with van der Waals surface area (Å²) in [4.78, 5) is 0. The second kappa shape index (κ2) is 6.98. The number of aryl methyl sites for hydroxylation is 1. The van der Waals surface area contributed by atoms with E-state index in [2.05, 4.69) is 23.0 Å². The van der Waals surface area contributed by atoms with Crippen molar-refractivity contribution in [3.8, 4) is 0 Å². The summed E-state index contributed by atoms with van der Waals surface area (Å²) in [6.07, 6.45) is 3.20. The fraction of sp³-hybridized carbons (Fsp3) is 0.636.